The van der Waals surface area contributed by atoms with E-state index in [1.54, 1.807) is 11.8 Å². The van der Waals surface area contributed by atoms with Gasteiger partial charge >= 0.3 is 6.03 Å². The smallest absolute Gasteiger partial charge is 0.322 e. The highest BCUT2D eigenvalue weighted by molar-refractivity contribution is 5.91. The van der Waals surface area contributed by atoms with E-state index in [1.807, 2.05) is 60.4 Å². The zero-order valence-corrected chi connectivity index (χ0v) is 17.2. The molecule has 0 aliphatic carbocycles. The first-order valence-corrected chi connectivity index (χ1v) is 9.89. The first-order chi connectivity index (χ1) is 14.6. The quantitative estimate of drug-likeness (QED) is 0.698. The highest BCUT2D eigenvalue weighted by Crippen LogP contribution is 2.23. The van der Waals surface area contributed by atoms with Gasteiger partial charge in [0, 0.05) is 26.2 Å². The lowest BCUT2D eigenvalue weighted by Gasteiger charge is -2.34. The maximum atomic E-state index is 12.6. The molecule has 2 amide bonds. The van der Waals surface area contributed by atoms with Crippen molar-refractivity contribution in [1.29, 1.82) is 0 Å². The number of anilines is 1. The van der Waals surface area contributed by atoms with Gasteiger partial charge in [-0.05, 0) is 41.6 Å². The van der Waals surface area contributed by atoms with Crippen LogP contribution in [0.15, 0.2) is 48.5 Å². The summed E-state index contributed by atoms with van der Waals surface area (Å²) < 4.78 is 7.07. The minimum Gasteiger partial charge on any atom is -0.495 e. The van der Waals surface area contributed by atoms with Gasteiger partial charge in [-0.15, -0.1) is 5.10 Å². The van der Waals surface area contributed by atoms with Gasteiger partial charge in [0.15, 0.2) is 5.82 Å². The van der Waals surface area contributed by atoms with Crippen molar-refractivity contribution in [2.45, 2.75) is 13.5 Å². The summed E-state index contributed by atoms with van der Waals surface area (Å²) in [5.74, 6) is 1.43. The maximum Gasteiger partial charge on any atom is 0.322 e. The molecule has 0 bridgehead atoms. The molecule has 0 saturated carbocycles. The third-order valence-corrected chi connectivity index (χ3v) is 5.19. The minimum absolute atomic E-state index is 0.122. The Labute approximate surface area is 175 Å². The van der Waals surface area contributed by atoms with Gasteiger partial charge in [-0.2, -0.15) is 4.68 Å². The number of hydrogen-bond acceptors (Lipinski definition) is 6. The van der Waals surface area contributed by atoms with Crippen molar-refractivity contribution in [1.82, 2.24) is 30.0 Å². The van der Waals surface area contributed by atoms with Crippen LogP contribution in [0.3, 0.4) is 0 Å². The Kier molecular flexibility index (Phi) is 5.89. The van der Waals surface area contributed by atoms with Gasteiger partial charge in [0.25, 0.3) is 0 Å². The number of benzene rings is 2. The maximum absolute atomic E-state index is 12.6. The average molecular weight is 407 g/mol. The Morgan fingerprint density at radius 2 is 1.80 bits per heavy atom. The van der Waals surface area contributed by atoms with Gasteiger partial charge in [-0.25, -0.2) is 4.79 Å². The third kappa shape index (κ3) is 4.41. The number of methoxy groups -OCH3 is 1. The van der Waals surface area contributed by atoms with Crippen LogP contribution >= 0.6 is 0 Å². The van der Waals surface area contributed by atoms with Crippen LogP contribution in [0.4, 0.5) is 10.5 Å². The van der Waals surface area contributed by atoms with Gasteiger partial charge in [0.1, 0.15) is 5.75 Å². The first-order valence-electron chi connectivity index (χ1n) is 9.89. The molecule has 3 aromatic rings. The number of carbonyl (C=O) groups excluding carboxylic acids is 1. The fourth-order valence-corrected chi connectivity index (χ4v) is 3.44. The summed E-state index contributed by atoms with van der Waals surface area (Å²) in [7, 11) is 1.59. The molecule has 30 heavy (non-hydrogen) atoms. The van der Waals surface area contributed by atoms with Crippen LogP contribution in [0.1, 0.15) is 11.4 Å². The molecule has 0 unspecified atom stereocenters. The largest absolute Gasteiger partial charge is 0.495 e. The molecule has 1 fully saturated rings. The van der Waals surface area contributed by atoms with Crippen LogP contribution in [0.5, 0.6) is 5.75 Å². The van der Waals surface area contributed by atoms with Crippen molar-refractivity contribution in [2.24, 2.45) is 0 Å². The monoisotopic (exact) mass is 407 g/mol. The van der Waals surface area contributed by atoms with Crippen LogP contribution < -0.4 is 10.1 Å². The Morgan fingerprint density at radius 1 is 1.07 bits per heavy atom. The van der Waals surface area contributed by atoms with Gasteiger partial charge in [0.2, 0.25) is 0 Å². The number of hydrogen-bond donors (Lipinski definition) is 1. The van der Waals surface area contributed by atoms with Gasteiger partial charge in [-0.3, -0.25) is 4.90 Å². The number of aryl methyl sites for hydroxylation is 1. The Balaban J connectivity index is 1.34. The van der Waals surface area contributed by atoms with Crippen molar-refractivity contribution in [3.05, 3.63) is 59.9 Å². The third-order valence-electron chi connectivity index (χ3n) is 5.19. The molecule has 9 nitrogen and oxygen atoms in total. The highest BCUT2D eigenvalue weighted by Gasteiger charge is 2.23. The number of piperazine rings is 1. The van der Waals surface area contributed by atoms with Crippen molar-refractivity contribution in [2.75, 3.05) is 38.6 Å². The molecule has 2 heterocycles. The van der Waals surface area contributed by atoms with E-state index in [2.05, 4.69) is 25.7 Å². The summed E-state index contributed by atoms with van der Waals surface area (Å²) in [6.45, 7) is 5.44. The van der Waals surface area contributed by atoms with Gasteiger partial charge in [-0.1, -0.05) is 29.8 Å². The number of urea groups is 1. The molecule has 9 heteroatoms. The molecule has 0 spiro atoms. The van der Waals surface area contributed by atoms with E-state index >= 15 is 0 Å². The van der Waals surface area contributed by atoms with Gasteiger partial charge < -0.3 is 15.0 Å². The molecule has 1 aliphatic rings. The predicted octanol–water partition coefficient (Wildman–Crippen LogP) is 2.33. The molecule has 1 aromatic heterocycles. The van der Waals surface area contributed by atoms with Crippen LogP contribution in [0.25, 0.3) is 5.69 Å². The second-order valence-corrected chi connectivity index (χ2v) is 7.24. The number of amides is 2. The molecule has 0 atom stereocenters. The minimum atomic E-state index is -0.122. The van der Waals surface area contributed by atoms with E-state index in [0.29, 0.717) is 31.1 Å². The van der Waals surface area contributed by atoms with E-state index in [1.165, 1.54) is 5.56 Å². The summed E-state index contributed by atoms with van der Waals surface area (Å²) in [5.41, 5.74) is 2.80. The lowest BCUT2D eigenvalue weighted by Crippen LogP contribution is -2.49. The molecular weight excluding hydrogens is 382 g/mol. The van der Waals surface area contributed by atoms with Crippen molar-refractivity contribution in [3.8, 4) is 11.4 Å². The van der Waals surface area contributed by atoms with E-state index in [-0.39, 0.29) is 6.03 Å². The number of aromatic nitrogens is 4. The van der Waals surface area contributed by atoms with Crippen molar-refractivity contribution < 1.29 is 9.53 Å². The second-order valence-electron chi connectivity index (χ2n) is 7.24. The molecule has 2 aromatic carbocycles. The molecule has 1 N–H and O–H groups in total. The lowest BCUT2D eigenvalue weighted by molar-refractivity contribution is 0.140. The summed E-state index contributed by atoms with van der Waals surface area (Å²) in [4.78, 5) is 16.7. The number of tetrazole rings is 1. The van der Waals surface area contributed by atoms with Crippen LogP contribution in [0.2, 0.25) is 0 Å². The van der Waals surface area contributed by atoms with Crippen molar-refractivity contribution in [3.63, 3.8) is 0 Å². The number of rotatable bonds is 5. The molecule has 156 valence electrons. The topological polar surface area (TPSA) is 88.4 Å². The first kappa shape index (κ1) is 19.8. The van der Waals surface area contributed by atoms with E-state index in [9.17, 15) is 4.79 Å². The summed E-state index contributed by atoms with van der Waals surface area (Å²) in [5, 5.41) is 15.1. The Morgan fingerprint density at radius 3 is 2.53 bits per heavy atom. The SMILES string of the molecule is COc1ccccc1NC(=O)N1CCN(Cc2nnnn2-c2ccc(C)cc2)CC1. The zero-order chi connectivity index (χ0) is 20.9. The van der Waals surface area contributed by atoms with E-state index in [0.717, 1.165) is 24.6 Å². The number of carbonyl (C=O) groups is 1. The van der Waals surface area contributed by atoms with Crippen molar-refractivity contribution >= 4 is 11.7 Å². The van der Waals surface area contributed by atoms with Crippen LogP contribution in [-0.4, -0.2) is 69.3 Å². The highest BCUT2D eigenvalue weighted by atomic mass is 16.5. The average Bonchev–Trinajstić information content (AvgIpc) is 3.23. The fraction of sp³-hybridized carbons (Fsp3) is 0.333. The number of ether oxygens (including phenoxy) is 1. The summed E-state index contributed by atoms with van der Waals surface area (Å²) in [6, 6.07) is 15.4. The summed E-state index contributed by atoms with van der Waals surface area (Å²) >= 11 is 0. The zero-order valence-electron chi connectivity index (χ0n) is 17.2. The lowest BCUT2D eigenvalue weighted by atomic mass is 10.2. The number of nitrogens with one attached hydrogen (secondary N) is 1. The molecule has 1 aliphatic heterocycles. The normalized spacial score (nSPS) is 14.5. The van der Waals surface area contributed by atoms with E-state index in [4.69, 9.17) is 4.74 Å². The predicted molar refractivity (Wildman–Crippen MR) is 113 cm³/mol. The number of para-hydroxylation sites is 2. The molecule has 1 saturated heterocycles. The van der Waals surface area contributed by atoms with Crippen LogP contribution in [-0.2, 0) is 6.54 Å². The standard InChI is InChI=1S/C21H25N7O2/c1-16-7-9-17(10-8-16)28-20(23-24-25-28)15-26-11-13-27(14-12-26)21(29)22-18-5-3-4-6-19(18)30-2/h3-10H,11-15H2,1-2H3,(H,22,29). The number of nitrogens with zero attached hydrogens (tertiary/aromatic N) is 6. The molecule has 4 rings (SSSR count). The Bertz CT molecular complexity index is 995. The van der Waals surface area contributed by atoms with E-state index < -0.39 is 0 Å². The molecular formula is C21H25N7O2. The fourth-order valence-electron chi connectivity index (χ4n) is 3.44. The van der Waals surface area contributed by atoms with Crippen LogP contribution in [0, 0.1) is 6.92 Å². The second kappa shape index (κ2) is 8.91. The summed E-state index contributed by atoms with van der Waals surface area (Å²) in [6.07, 6.45) is 0. The Hall–Kier alpha value is -3.46. The molecule has 0 radical (unpaired) electrons. The van der Waals surface area contributed by atoms with Gasteiger partial charge in [0.05, 0.1) is 25.0 Å².